The third kappa shape index (κ3) is 3.66. The number of Topliss-reactive ketones (excluding diaryl/α,β-unsaturated/α-hetero) is 1. The maximum Gasteiger partial charge on any atom is 0.185 e. The lowest BCUT2D eigenvalue weighted by Crippen LogP contribution is -2.16. The molecule has 2 aromatic carbocycles. The molecule has 0 aliphatic rings. The summed E-state index contributed by atoms with van der Waals surface area (Å²) in [6, 6.07) is 10.5. The Balaban J connectivity index is 2.20. The topological polar surface area (TPSA) is 60.4 Å². The molecule has 0 amide bonds. The minimum Gasteiger partial charge on any atom is -0.497 e. The number of halogens is 1. The zero-order chi connectivity index (χ0) is 15.5. The van der Waals surface area contributed by atoms with Gasteiger partial charge in [0.25, 0.3) is 0 Å². The Kier molecular flexibility index (Phi) is 4.37. The third-order valence-corrected chi connectivity index (χ3v) is 4.54. The van der Waals surface area contributed by atoms with Crippen molar-refractivity contribution in [2.24, 2.45) is 0 Å². The summed E-state index contributed by atoms with van der Waals surface area (Å²) in [5.41, 5.74) is 0.161. The summed E-state index contributed by atoms with van der Waals surface area (Å²) in [6.45, 7) is 0. The van der Waals surface area contributed by atoms with Crippen LogP contribution in [0.1, 0.15) is 10.4 Å². The summed E-state index contributed by atoms with van der Waals surface area (Å²) in [5, 5.41) is 0. The van der Waals surface area contributed by atoms with Gasteiger partial charge in [-0.1, -0.05) is 0 Å². The van der Waals surface area contributed by atoms with Crippen LogP contribution in [0.5, 0.6) is 5.75 Å². The molecule has 0 aliphatic carbocycles. The standard InChI is InChI=1S/C15H13FO4S/c1-20-13-6-8-14(9-7-13)21(18,19)10-15(17)11-2-4-12(16)5-3-11/h2-9H,10H2,1H3. The van der Waals surface area contributed by atoms with Gasteiger partial charge in [-0.2, -0.15) is 0 Å². The number of ether oxygens (including phenoxy) is 1. The summed E-state index contributed by atoms with van der Waals surface area (Å²) >= 11 is 0. The molecule has 0 unspecified atom stereocenters. The average Bonchev–Trinajstić information content (AvgIpc) is 2.47. The van der Waals surface area contributed by atoms with Gasteiger partial charge in [0.15, 0.2) is 15.6 Å². The summed E-state index contributed by atoms with van der Waals surface area (Å²) in [6.07, 6.45) is 0. The van der Waals surface area contributed by atoms with E-state index in [-0.39, 0.29) is 10.5 Å². The van der Waals surface area contributed by atoms with E-state index < -0.39 is 27.2 Å². The Bertz CT molecular complexity index is 734. The van der Waals surface area contributed by atoms with Crippen LogP contribution in [0.2, 0.25) is 0 Å². The Morgan fingerprint density at radius 1 is 1.05 bits per heavy atom. The molecule has 4 nitrogen and oxygen atoms in total. The highest BCUT2D eigenvalue weighted by molar-refractivity contribution is 7.92. The average molecular weight is 308 g/mol. The molecule has 110 valence electrons. The van der Waals surface area contributed by atoms with Crippen LogP contribution in [0.15, 0.2) is 53.4 Å². The van der Waals surface area contributed by atoms with Crippen LogP contribution < -0.4 is 4.74 Å². The molecule has 0 heterocycles. The van der Waals surface area contributed by atoms with Crippen LogP contribution >= 0.6 is 0 Å². The SMILES string of the molecule is COc1ccc(S(=O)(=O)CC(=O)c2ccc(F)cc2)cc1. The molecule has 0 saturated heterocycles. The number of hydrogen-bond donors (Lipinski definition) is 0. The highest BCUT2D eigenvalue weighted by Crippen LogP contribution is 2.17. The van der Waals surface area contributed by atoms with Crippen molar-refractivity contribution in [3.05, 3.63) is 59.9 Å². The van der Waals surface area contributed by atoms with E-state index in [2.05, 4.69) is 0 Å². The Morgan fingerprint density at radius 2 is 1.62 bits per heavy atom. The van der Waals surface area contributed by atoms with Crippen LogP contribution in [-0.4, -0.2) is 27.1 Å². The van der Waals surface area contributed by atoms with Crippen LogP contribution in [0.3, 0.4) is 0 Å². The van der Waals surface area contributed by atoms with Crippen LogP contribution in [0, 0.1) is 5.82 Å². The van der Waals surface area contributed by atoms with Crippen molar-refractivity contribution in [2.75, 3.05) is 12.9 Å². The molecule has 0 aliphatic heterocycles. The predicted octanol–water partition coefficient (Wildman–Crippen LogP) is 2.49. The van der Waals surface area contributed by atoms with Crippen molar-refractivity contribution >= 4 is 15.6 Å². The minimum atomic E-state index is -3.74. The van der Waals surface area contributed by atoms with E-state index in [1.165, 1.54) is 43.5 Å². The molecule has 0 atom stereocenters. The molecule has 0 N–H and O–H groups in total. The third-order valence-electron chi connectivity index (χ3n) is 2.91. The van der Waals surface area contributed by atoms with Gasteiger partial charge in [0.1, 0.15) is 17.3 Å². The molecule has 0 bridgehead atoms. The molecule has 0 fully saturated rings. The molecular weight excluding hydrogens is 295 g/mol. The molecule has 0 aromatic heterocycles. The predicted molar refractivity (Wildman–Crippen MR) is 75.8 cm³/mol. The summed E-state index contributed by atoms with van der Waals surface area (Å²) in [7, 11) is -2.27. The van der Waals surface area contributed by atoms with E-state index in [9.17, 15) is 17.6 Å². The fraction of sp³-hybridized carbons (Fsp3) is 0.133. The molecule has 2 aromatic rings. The smallest absolute Gasteiger partial charge is 0.185 e. The molecule has 0 spiro atoms. The number of rotatable bonds is 5. The number of methoxy groups -OCH3 is 1. The van der Waals surface area contributed by atoms with Gasteiger partial charge in [0.2, 0.25) is 0 Å². The number of carbonyl (C=O) groups excluding carboxylic acids is 1. The van der Waals surface area contributed by atoms with E-state index in [1.54, 1.807) is 0 Å². The Hall–Kier alpha value is -2.21. The number of benzene rings is 2. The van der Waals surface area contributed by atoms with Gasteiger partial charge in [-0.3, -0.25) is 4.79 Å². The lowest BCUT2D eigenvalue weighted by molar-refractivity contribution is 0.102. The first-order valence-electron chi connectivity index (χ1n) is 6.08. The van der Waals surface area contributed by atoms with E-state index in [0.717, 1.165) is 12.1 Å². The monoisotopic (exact) mass is 308 g/mol. The summed E-state index contributed by atoms with van der Waals surface area (Å²) in [5.74, 6) is -1.19. The molecule has 21 heavy (non-hydrogen) atoms. The van der Waals surface area contributed by atoms with Gasteiger partial charge in [-0.25, -0.2) is 12.8 Å². The Labute approximate surface area is 122 Å². The molecular formula is C15H13FO4S. The second-order valence-corrected chi connectivity index (χ2v) is 6.35. The summed E-state index contributed by atoms with van der Waals surface area (Å²) in [4.78, 5) is 12.0. The van der Waals surface area contributed by atoms with Gasteiger partial charge in [-0.15, -0.1) is 0 Å². The van der Waals surface area contributed by atoms with E-state index >= 15 is 0 Å². The van der Waals surface area contributed by atoms with E-state index in [0.29, 0.717) is 5.75 Å². The molecule has 0 radical (unpaired) electrons. The first-order valence-corrected chi connectivity index (χ1v) is 7.73. The minimum absolute atomic E-state index is 0.0405. The quantitative estimate of drug-likeness (QED) is 0.796. The van der Waals surface area contributed by atoms with Gasteiger partial charge < -0.3 is 4.74 Å². The van der Waals surface area contributed by atoms with E-state index in [1.807, 2.05) is 0 Å². The van der Waals surface area contributed by atoms with Gasteiger partial charge >= 0.3 is 0 Å². The molecule has 0 saturated carbocycles. The highest BCUT2D eigenvalue weighted by atomic mass is 32.2. The lowest BCUT2D eigenvalue weighted by atomic mass is 10.1. The van der Waals surface area contributed by atoms with E-state index in [4.69, 9.17) is 4.74 Å². The maximum atomic E-state index is 12.8. The van der Waals surface area contributed by atoms with Crippen LogP contribution in [-0.2, 0) is 9.84 Å². The highest BCUT2D eigenvalue weighted by Gasteiger charge is 2.20. The first-order chi connectivity index (χ1) is 9.92. The van der Waals surface area contributed by atoms with Crippen molar-refractivity contribution in [3.63, 3.8) is 0 Å². The van der Waals surface area contributed by atoms with Gasteiger partial charge in [0.05, 0.1) is 12.0 Å². The molecule has 6 heteroatoms. The number of carbonyl (C=O) groups is 1. The van der Waals surface area contributed by atoms with Crippen LogP contribution in [0.25, 0.3) is 0 Å². The first kappa shape index (κ1) is 15.2. The molecule has 2 rings (SSSR count). The van der Waals surface area contributed by atoms with Crippen molar-refractivity contribution in [2.45, 2.75) is 4.90 Å². The van der Waals surface area contributed by atoms with Crippen molar-refractivity contribution in [3.8, 4) is 5.75 Å². The fourth-order valence-corrected chi connectivity index (χ4v) is 2.99. The lowest BCUT2D eigenvalue weighted by Gasteiger charge is -2.05. The zero-order valence-electron chi connectivity index (χ0n) is 11.2. The fourth-order valence-electron chi connectivity index (χ4n) is 1.76. The summed E-state index contributed by atoms with van der Waals surface area (Å²) < 4.78 is 42.0. The Morgan fingerprint density at radius 3 is 2.14 bits per heavy atom. The zero-order valence-corrected chi connectivity index (χ0v) is 12.1. The largest absolute Gasteiger partial charge is 0.497 e. The van der Waals surface area contributed by atoms with Crippen molar-refractivity contribution in [1.29, 1.82) is 0 Å². The number of hydrogen-bond acceptors (Lipinski definition) is 4. The van der Waals surface area contributed by atoms with Crippen molar-refractivity contribution in [1.82, 2.24) is 0 Å². The number of ketones is 1. The number of sulfone groups is 1. The maximum absolute atomic E-state index is 12.8. The second-order valence-electron chi connectivity index (χ2n) is 4.36. The van der Waals surface area contributed by atoms with Gasteiger partial charge in [-0.05, 0) is 48.5 Å². The van der Waals surface area contributed by atoms with Crippen LogP contribution in [0.4, 0.5) is 4.39 Å². The van der Waals surface area contributed by atoms with Crippen molar-refractivity contribution < 1.29 is 22.3 Å². The van der Waals surface area contributed by atoms with Gasteiger partial charge in [0, 0.05) is 5.56 Å². The second kappa shape index (κ2) is 6.05. The normalized spacial score (nSPS) is 11.1.